The lowest BCUT2D eigenvalue weighted by atomic mass is 9.92. The minimum atomic E-state index is 0.334. The molecule has 1 heterocycles. The van der Waals surface area contributed by atoms with Gasteiger partial charge in [-0.25, -0.2) is 0 Å². The first kappa shape index (κ1) is 12.9. The van der Waals surface area contributed by atoms with Gasteiger partial charge in [0.2, 0.25) is 0 Å². The molecule has 0 amide bonds. The summed E-state index contributed by atoms with van der Waals surface area (Å²) in [5.74, 6) is 0.756. The van der Waals surface area contributed by atoms with E-state index in [4.69, 9.17) is 17.3 Å². The molecule has 0 aliphatic carbocycles. The van der Waals surface area contributed by atoms with Crippen LogP contribution in [0.2, 0.25) is 5.02 Å². The molecule has 0 radical (unpaired) electrons. The number of likely N-dealkylation sites (tertiary alicyclic amines) is 1. The second-order valence-electron chi connectivity index (χ2n) is 5.09. The van der Waals surface area contributed by atoms with Gasteiger partial charge in [-0.05, 0) is 30.0 Å². The number of halogens is 1. The van der Waals surface area contributed by atoms with Crippen LogP contribution in [0.1, 0.15) is 25.3 Å². The van der Waals surface area contributed by atoms with Crippen molar-refractivity contribution in [2.75, 3.05) is 13.1 Å². The second kappa shape index (κ2) is 5.85. The normalized spacial score (nSPS) is 26.1. The summed E-state index contributed by atoms with van der Waals surface area (Å²) in [6, 6.07) is 8.45. The molecular weight excluding hydrogens is 232 g/mol. The first-order chi connectivity index (χ1) is 8.17. The van der Waals surface area contributed by atoms with Crippen LogP contribution in [0.3, 0.4) is 0 Å². The summed E-state index contributed by atoms with van der Waals surface area (Å²) >= 11 is 5.89. The van der Waals surface area contributed by atoms with Crippen LogP contribution in [0.4, 0.5) is 0 Å². The van der Waals surface area contributed by atoms with Crippen LogP contribution in [0.5, 0.6) is 0 Å². The zero-order chi connectivity index (χ0) is 12.3. The van der Waals surface area contributed by atoms with Crippen molar-refractivity contribution in [2.45, 2.75) is 32.4 Å². The largest absolute Gasteiger partial charge is 0.327 e. The first-order valence-corrected chi connectivity index (χ1v) is 6.77. The van der Waals surface area contributed by atoms with Gasteiger partial charge in [0.1, 0.15) is 0 Å². The van der Waals surface area contributed by atoms with Gasteiger partial charge >= 0.3 is 0 Å². The highest BCUT2D eigenvalue weighted by Crippen LogP contribution is 2.20. The second-order valence-corrected chi connectivity index (χ2v) is 5.53. The number of rotatable bonds is 3. The predicted molar refractivity (Wildman–Crippen MR) is 73.1 cm³/mol. The van der Waals surface area contributed by atoms with E-state index >= 15 is 0 Å². The predicted octanol–water partition coefficient (Wildman–Crippen LogP) is 2.90. The topological polar surface area (TPSA) is 29.3 Å². The molecule has 0 aromatic heterocycles. The van der Waals surface area contributed by atoms with E-state index in [0.717, 1.165) is 24.0 Å². The molecule has 2 rings (SSSR count). The molecule has 17 heavy (non-hydrogen) atoms. The molecule has 1 aliphatic rings. The van der Waals surface area contributed by atoms with Crippen LogP contribution in [0, 0.1) is 5.92 Å². The maximum atomic E-state index is 6.11. The molecule has 1 aromatic carbocycles. The third-order valence-electron chi connectivity index (χ3n) is 3.54. The Morgan fingerprint density at radius 3 is 2.65 bits per heavy atom. The van der Waals surface area contributed by atoms with Gasteiger partial charge in [0.05, 0.1) is 0 Å². The van der Waals surface area contributed by atoms with Gasteiger partial charge in [-0.3, -0.25) is 4.90 Å². The molecular formula is C14H21ClN2. The lowest BCUT2D eigenvalue weighted by Crippen LogP contribution is -2.46. The molecule has 2 atom stereocenters. The fourth-order valence-electron chi connectivity index (χ4n) is 2.62. The maximum Gasteiger partial charge on any atom is 0.0406 e. The van der Waals surface area contributed by atoms with Crippen LogP contribution in [0.25, 0.3) is 0 Å². The van der Waals surface area contributed by atoms with Gasteiger partial charge < -0.3 is 5.73 Å². The highest BCUT2D eigenvalue weighted by atomic mass is 35.5. The van der Waals surface area contributed by atoms with Gasteiger partial charge in [-0.1, -0.05) is 37.1 Å². The average Bonchev–Trinajstić information content (AvgIpc) is 2.31. The van der Waals surface area contributed by atoms with Crippen molar-refractivity contribution in [2.24, 2.45) is 11.7 Å². The molecule has 1 aliphatic heterocycles. The Bertz CT molecular complexity index is 350. The summed E-state index contributed by atoms with van der Waals surface area (Å²) in [6.45, 7) is 5.43. The summed E-state index contributed by atoms with van der Waals surface area (Å²) in [6.07, 6.45) is 2.40. The quantitative estimate of drug-likeness (QED) is 0.896. The molecule has 2 N–H and O–H groups in total. The first-order valence-electron chi connectivity index (χ1n) is 6.39. The Labute approximate surface area is 109 Å². The smallest absolute Gasteiger partial charge is 0.0406 e. The van der Waals surface area contributed by atoms with Crippen LogP contribution in [-0.2, 0) is 6.54 Å². The molecule has 2 nitrogen and oxygen atoms in total. The summed E-state index contributed by atoms with van der Waals surface area (Å²) in [7, 11) is 0. The molecule has 2 unspecified atom stereocenters. The summed E-state index contributed by atoms with van der Waals surface area (Å²) < 4.78 is 0. The molecule has 3 heteroatoms. The van der Waals surface area contributed by atoms with Crippen molar-refractivity contribution in [1.29, 1.82) is 0 Å². The lowest BCUT2D eigenvalue weighted by Gasteiger charge is -2.36. The molecule has 1 aromatic rings. The van der Waals surface area contributed by atoms with Crippen molar-refractivity contribution in [3.05, 3.63) is 34.9 Å². The van der Waals surface area contributed by atoms with Gasteiger partial charge in [0.25, 0.3) is 0 Å². The van der Waals surface area contributed by atoms with Gasteiger partial charge in [-0.15, -0.1) is 0 Å². The number of piperidine rings is 1. The highest BCUT2D eigenvalue weighted by Gasteiger charge is 2.23. The minimum Gasteiger partial charge on any atom is -0.327 e. The maximum absolute atomic E-state index is 6.11. The van der Waals surface area contributed by atoms with Crippen molar-refractivity contribution in [1.82, 2.24) is 4.90 Å². The van der Waals surface area contributed by atoms with Crippen LogP contribution in [-0.4, -0.2) is 24.0 Å². The number of benzene rings is 1. The third-order valence-corrected chi connectivity index (χ3v) is 3.79. The van der Waals surface area contributed by atoms with E-state index in [2.05, 4.69) is 24.0 Å². The minimum absolute atomic E-state index is 0.334. The summed E-state index contributed by atoms with van der Waals surface area (Å²) in [5.41, 5.74) is 7.42. The van der Waals surface area contributed by atoms with Crippen LogP contribution >= 0.6 is 11.6 Å². The molecule has 0 bridgehead atoms. The van der Waals surface area contributed by atoms with E-state index < -0.39 is 0 Å². The highest BCUT2D eigenvalue weighted by molar-refractivity contribution is 6.30. The van der Waals surface area contributed by atoms with Crippen molar-refractivity contribution >= 4 is 11.6 Å². The van der Waals surface area contributed by atoms with Crippen LogP contribution in [0.15, 0.2) is 24.3 Å². The van der Waals surface area contributed by atoms with E-state index in [9.17, 15) is 0 Å². The number of nitrogens with zero attached hydrogens (tertiary/aromatic N) is 1. The Kier molecular flexibility index (Phi) is 4.43. The lowest BCUT2D eigenvalue weighted by molar-refractivity contribution is 0.147. The Morgan fingerprint density at radius 1 is 1.29 bits per heavy atom. The Morgan fingerprint density at radius 2 is 2.00 bits per heavy atom. The third kappa shape index (κ3) is 3.70. The zero-order valence-electron chi connectivity index (χ0n) is 10.4. The fourth-order valence-corrected chi connectivity index (χ4v) is 2.75. The van der Waals surface area contributed by atoms with Gasteiger partial charge in [0.15, 0.2) is 0 Å². The fraction of sp³-hybridized carbons (Fsp3) is 0.571. The standard InChI is InChI=1S/C14H21ClN2/c1-2-11-7-14(16)10-17(8-11)9-12-3-5-13(15)6-4-12/h3-6,11,14H,2,7-10,16H2,1H3. The van der Waals surface area contributed by atoms with Gasteiger partial charge in [0, 0.05) is 30.7 Å². The van der Waals surface area contributed by atoms with Crippen molar-refractivity contribution in [3.8, 4) is 0 Å². The number of nitrogens with two attached hydrogens (primary N) is 1. The van der Waals surface area contributed by atoms with E-state index in [0.29, 0.717) is 6.04 Å². The Balaban J connectivity index is 1.95. The van der Waals surface area contributed by atoms with Crippen LogP contribution < -0.4 is 5.73 Å². The molecule has 1 saturated heterocycles. The van der Waals surface area contributed by atoms with E-state index in [-0.39, 0.29) is 0 Å². The average molecular weight is 253 g/mol. The SMILES string of the molecule is CCC1CC(N)CN(Cc2ccc(Cl)cc2)C1. The van der Waals surface area contributed by atoms with Crippen molar-refractivity contribution in [3.63, 3.8) is 0 Å². The summed E-state index contributed by atoms with van der Waals surface area (Å²) in [5, 5.41) is 0.801. The van der Waals surface area contributed by atoms with E-state index in [1.54, 1.807) is 0 Å². The zero-order valence-corrected chi connectivity index (χ0v) is 11.2. The van der Waals surface area contributed by atoms with E-state index in [1.165, 1.54) is 24.9 Å². The molecule has 0 saturated carbocycles. The molecule has 94 valence electrons. The Hall–Kier alpha value is -0.570. The number of hydrogen-bond acceptors (Lipinski definition) is 2. The summed E-state index contributed by atoms with van der Waals surface area (Å²) in [4.78, 5) is 2.46. The monoisotopic (exact) mass is 252 g/mol. The van der Waals surface area contributed by atoms with Crippen molar-refractivity contribution < 1.29 is 0 Å². The molecule has 0 spiro atoms. The van der Waals surface area contributed by atoms with E-state index in [1.807, 2.05) is 12.1 Å². The van der Waals surface area contributed by atoms with Gasteiger partial charge in [-0.2, -0.15) is 0 Å². The number of hydrogen-bond donors (Lipinski definition) is 1. The molecule has 1 fully saturated rings.